The summed E-state index contributed by atoms with van der Waals surface area (Å²) in [6.07, 6.45) is 2.94. The summed E-state index contributed by atoms with van der Waals surface area (Å²) in [6, 6.07) is 0. The fraction of sp³-hybridized carbons (Fsp3) is 1.00. The molecule has 0 heterocycles. The van der Waals surface area contributed by atoms with Crippen molar-refractivity contribution < 1.29 is 0 Å². The molecule has 0 N–H and O–H groups in total. The topological polar surface area (TPSA) is 0 Å². The predicted molar refractivity (Wildman–Crippen MR) is 49.4 cm³/mol. The van der Waals surface area contributed by atoms with Crippen molar-refractivity contribution in [3.05, 3.63) is 0 Å². The van der Waals surface area contributed by atoms with Gasteiger partial charge < -0.3 is 0 Å². The smallest absolute Gasteiger partial charge is 0.0141 e. The van der Waals surface area contributed by atoms with E-state index in [-0.39, 0.29) is 0 Å². The van der Waals surface area contributed by atoms with E-state index >= 15 is 0 Å². The number of halogens is 2. The van der Waals surface area contributed by atoms with E-state index in [4.69, 9.17) is 0 Å². The first-order chi connectivity index (χ1) is 3.34. The Bertz CT molecular complexity index is 63.1. The summed E-state index contributed by atoms with van der Waals surface area (Å²) in [4.78, 5) is 0. The van der Waals surface area contributed by atoms with Crippen LogP contribution in [0, 0.1) is 5.92 Å². The molecule has 0 aromatic carbocycles. The Hall–Kier alpha value is 1.46. The minimum Gasteiger partial charge on any atom is -0.0864 e. The Morgan fingerprint density at radius 1 is 1.57 bits per heavy atom. The van der Waals surface area contributed by atoms with Crippen molar-refractivity contribution in [3.8, 4) is 0 Å². The van der Waals surface area contributed by atoms with Gasteiger partial charge in [-0.3, -0.25) is 0 Å². The first kappa shape index (κ1) is 6.58. The highest BCUT2D eigenvalue weighted by molar-refractivity contribution is 14.1. The van der Waals surface area contributed by atoms with Crippen LogP contribution < -0.4 is 0 Å². The molecule has 7 heavy (non-hydrogen) atoms. The maximum absolute atomic E-state index is 2.54. The van der Waals surface area contributed by atoms with Gasteiger partial charge in [0.15, 0.2) is 0 Å². The normalized spacial score (nSPS) is 38.6. The van der Waals surface area contributed by atoms with Crippen LogP contribution in [0.25, 0.3) is 0 Å². The van der Waals surface area contributed by atoms with Crippen molar-refractivity contribution >= 4 is 45.2 Å². The molecule has 0 aromatic heterocycles. The van der Waals surface area contributed by atoms with Gasteiger partial charge in [0.05, 0.1) is 0 Å². The van der Waals surface area contributed by atoms with Crippen molar-refractivity contribution in [2.45, 2.75) is 16.8 Å². The zero-order valence-corrected chi connectivity index (χ0v) is 8.35. The van der Waals surface area contributed by atoms with Gasteiger partial charge in [0.2, 0.25) is 0 Å². The lowest BCUT2D eigenvalue weighted by Crippen LogP contribution is -1.78. The molecule has 0 amide bonds. The van der Waals surface area contributed by atoms with E-state index in [1.165, 1.54) is 17.3 Å². The summed E-state index contributed by atoms with van der Waals surface area (Å²) in [5, 5.41) is 0. The zero-order chi connectivity index (χ0) is 5.28. The van der Waals surface area contributed by atoms with E-state index in [0.29, 0.717) is 0 Å². The molecule has 42 valence electrons. The van der Waals surface area contributed by atoms with E-state index in [1.54, 1.807) is 0 Å². The molecular formula is C5H8I2. The molecule has 0 nitrogen and oxygen atoms in total. The largest absolute Gasteiger partial charge is 0.0864 e. The van der Waals surface area contributed by atoms with Crippen molar-refractivity contribution in [1.82, 2.24) is 0 Å². The molecular weight excluding hydrogens is 314 g/mol. The Kier molecular flexibility index (Phi) is 2.67. The maximum Gasteiger partial charge on any atom is 0.0141 e. The predicted octanol–water partition coefficient (Wildman–Crippen LogP) is 2.64. The number of rotatable bonds is 2. The Morgan fingerprint density at radius 3 is 2.29 bits per heavy atom. The maximum atomic E-state index is 2.54. The number of hydrogen-bond donors (Lipinski definition) is 0. The van der Waals surface area contributed by atoms with Gasteiger partial charge in [-0.05, 0) is 23.2 Å². The second-order valence-electron chi connectivity index (χ2n) is 1.99. The summed E-state index contributed by atoms with van der Waals surface area (Å²) in [5.74, 6) is 1.09. The molecule has 0 aliphatic heterocycles. The lowest BCUT2D eigenvalue weighted by Gasteiger charge is -1.84. The van der Waals surface area contributed by atoms with Crippen LogP contribution in [0.5, 0.6) is 0 Å². The first-order valence-electron chi connectivity index (χ1n) is 2.54. The van der Waals surface area contributed by atoms with Gasteiger partial charge in [-0.1, -0.05) is 45.2 Å². The summed E-state index contributed by atoms with van der Waals surface area (Å²) in [7, 11) is 0. The molecule has 1 rings (SSSR count). The lowest BCUT2D eigenvalue weighted by atomic mass is 10.3. The van der Waals surface area contributed by atoms with Gasteiger partial charge in [-0.15, -0.1) is 0 Å². The van der Waals surface area contributed by atoms with Crippen LogP contribution in [0.2, 0.25) is 0 Å². The number of hydrogen-bond acceptors (Lipinski definition) is 0. The molecule has 2 heteroatoms. The van der Waals surface area contributed by atoms with Crippen LogP contribution >= 0.6 is 45.2 Å². The highest BCUT2D eigenvalue weighted by atomic mass is 127. The zero-order valence-electron chi connectivity index (χ0n) is 4.03. The second kappa shape index (κ2) is 2.85. The minimum atomic E-state index is 1.03. The first-order valence-corrected chi connectivity index (χ1v) is 5.31. The minimum absolute atomic E-state index is 1.03. The molecule has 1 fully saturated rings. The van der Waals surface area contributed by atoms with E-state index in [0.717, 1.165) is 9.84 Å². The van der Waals surface area contributed by atoms with Gasteiger partial charge in [0.25, 0.3) is 0 Å². The molecule has 0 spiro atoms. The highest BCUT2D eigenvalue weighted by Crippen LogP contribution is 2.40. The Morgan fingerprint density at radius 2 is 2.14 bits per heavy atom. The van der Waals surface area contributed by atoms with Gasteiger partial charge in [-0.2, -0.15) is 0 Å². The van der Waals surface area contributed by atoms with Crippen molar-refractivity contribution in [2.75, 3.05) is 4.43 Å². The average Bonchev–Trinajstić information content (AvgIpc) is 2.22. The van der Waals surface area contributed by atoms with Gasteiger partial charge in [0.1, 0.15) is 0 Å². The Labute approximate surface area is 71.7 Å². The summed E-state index contributed by atoms with van der Waals surface area (Å²) >= 11 is 4.99. The molecule has 1 aliphatic rings. The van der Waals surface area contributed by atoms with E-state index in [1.807, 2.05) is 0 Å². The monoisotopic (exact) mass is 322 g/mol. The van der Waals surface area contributed by atoms with Crippen LogP contribution in [0.1, 0.15) is 12.8 Å². The molecule has 0 saturated heterocycles. The van der Waals surface area contributed by atoms with Crippen LogP contribution in [-0.2, 0) is 0 Å². The average molecular weight is 322 g/mol. The third-order valence-electron chi connectivity index (χ3n) is 1.32. The number of alkyl halides is 2. The molecule has 0 bridgehead atoms. The molecule has 0 radical (unpaired) electrons. The van der Waals surface area contributed by atoms with Crippen molar-refractivity contribution in [1.29, 1.82) is 0 Å². The third kappa shape index (κ3) is 2.03. The standard InChI is InChI=1S/C5H8I2/c6-2-1-4-3-5(4)7/h4-5H,1-3H2. The second-order valence-corrected chi connectivity index (χ2v) is 4.67. The van der Waals surface area contributed by atoms with Crippen molar-refractivity contribution in [3.63, 3.8) is 0 Å². The van der Waals surface area contributed by atoms with Crippen molar-refractivity contribution in [2.24, 2.45) is 5.92 Å². The summed E-state index contributed by atoms with van der Waals surface area (Å²) < 4.78 is 2.38. The highest BCUT2D eigenvalue weighted by Gasteiger charge is 2.32. The van der Waals surface area contributed by atoms with Crippen LogP contribution in [0.3, 0.4) is 0 Å². The SMILES string of the molecule is ICCC1CC1I. The van der Waals surface area contributed by atoms with E-state index < -0.39 is 0 Å². The fourth-order valence-electron chi connectivity index (χ4n) is 0.649. The van der Waals surface area contributed by atoms with Crippen LogP contribution in [0.4, 0.5) is 0 Å². The summed E-state index contributed by atoms with van der Waals surface area (Å²) in [5.41, 5.74) is 0. The third-order valence-corrected chi connectivity index (χ3v) is 3.46. The molecule has 2 unspecified atom stereocenters. The Balaban J connectivity index is 1.98. The van der Waals surface area contributed by atoms with E-state index in [2.05, 4.69) is 45.2 Å². The molecule has 2 atom stereocenters. The quantitative estimate of drug-likeness (QED) is 0.542. The van der Waals surface area contributed by atoms with Crippen LogP contribution in [-0.4, -0.2) is 8.35 Å². The van der Waals surface area contributed by atoms with Gasteiger partial charge in [0, 0.05) is 3.92 Å². The van der Waals surface area contributed by atoms with Crippen LogP contribution in [0.15, 0.2) is 0 Å². The van der Waals surface area contributed by atoms with Gasteiger partial charge in [-0.25, -0.2) is 0 Å². The molecule has 1 saturated carbocycles. The summed E-state index contributed by atoms with van der Waals surface area (Å²) in [6.45, 7) is 0. The van der Waals surface area contributed by atoms with Gasteiger partial charge >= 0.3 is 0 Å². The molecule has 0 aromatic rings. The molecule has 1 aliphatic carbocycles. The van der Waals surface area contributed by atoms with E-state index in [9.17, 15) is 0 Å². The lowest BCUT2D eigenvalue weighted by molar-refractivity contribution is 0.826. The fourth-order valence-corrected chi connectivity index (χ4v) is 2.46.